The van der Waals surface area contributed by atoms with Crippen molar-refractivity contribution in [2.75, 3.05) is 13.7 Å². The van der Waals surface area contributed by atoms with Crippen LogP contribution in [0, 0.1) is 13.8 Å². The molecule has 0 aromatic carbocycles. The first-order valence-corrected chi connectivity index (χ1v) is 7.59. The number of methoxy groups -OCH3 is 1. The highest BCUT2D eigenvalue weighted by atomic mass is 32.1. The zero-order valence-electron chi connectivity index (χ0n) is 12.4. The van der Waals surface area contributed by atoms with Crippen molar-refractivity contribution in [2.45, 2.75) is 39.8 Å². The summed E-state index contributed by atoms with van der Waals surface area (Å²) in [5.74, 6) is 0.679. The molecule has 0 aliphatic heterocycles. The molecule has 0 aliphatic rings. The van der Waals surface area contributed by atoms with Crippen molar-refractivity contribution in [1.29, 1.82) is 0 Å². The number of fused-ring (bicyclic) bond motifs is 1. The van der Waals surface area contributed by atoms with E-state index in [1.165, 1.54) is 0 Å². The minimum Gasteiger partial charge on any atom is -0.383 e. The van der Waals surface area contributed by atoms with Gasteiger partial charge in [-0.1, -0.05) is 6.92 Å². The van der Waals surface area contributed by atoms with Gasteiger partial charge >= 0.3 is 0 Å². The van der Waals surface area contributed by atoms with Crippen LogP contribution in [-0.4, -0.2) is 29.7 Å². The minimum absolute atomic E-state index is 0.0477. The molecule has 2 rings (SSSR count). The maximum atomic E-state index is 12.1. The fraction of sp³-hybridized carbons (Fsp3) is 0.571. The van der Waals surface area contributed by atoms with Crippen LogP contribution in [0.4, 0.5) is 0 Å². The average molecular weight is 295 g/mol. The summed E-state index contributed by atoms with van der Waals surface area (Å²) in [6.45, 7) is 7.28. The lowest BCUT2D eigenvalue weighted by atomic mass is 10.2. The van der Waals surface area contributed by atoms with Crippen LogP contribution < -0.4 is 10.9 Å². The van der Waals surface area contributed by atoms with Crippen LogP contribution in [-0.2, 0) is 11.3 Å². The van der Waals surface area contributed by atoms with Gasteiger partial charge < -0.3 is 15.0 Å². The summed E-state index contributed by atoms with van der Waals surface area (Å²) >= 11 is 1.57. The van der Waals surface area contributed by atoms with Gasteiger partial charge in [0.1, 0.15) is 10.7 Å². The molecule has 2 heterocycles. The van der Waals surface area contributed by atoms with Gasteiger partial charge in [-0.2, -0.15) is 0 Å². The second-order valence-electron chi connectivity index (χ2n) is 4.92. The van der Waals surface area contributed by atoms with E-state index < -0.39 is 0 Å². The first-order chi connectivity index (χ1) is 9.56. The third kappa shape index (κ3) is 3.08. The Morgan fingerprint density at radius 2 is 2.20 bits per heavy atom. The van der Waals surface area contributed by atoms with E-state index in [0.717, 1.165) is 27.1 Å². The van der Waals surface area contributed by atoms with Gasteiger partial charge in [-0.25, -0.2) is 4.98 Å². The third-order valence-electron chi connectivity index (χ3n) is 3.51. The zero-order valence-corrected chi connectivity index (χ0v) is 13.2. The van der Waals surface area contributed by atoms with Crippen LogP contribution in [0.5, 0.6) is 0 Å². The molecule has 0 fully saturated rings. The molecule has 20 heavy (non-hydrogen) atoms. The Bertz CT molecular complexity index is 648. The van der Waals surface area contributed by atoms with Gasteiger partial charge in [0.05, 0.1) is 18.5 Å². The molecule has 1 atom stereocenters. The van der Waals surface area contributed by atoms with Crippen LogP contribution in [0.25, 0.3) is 10.2 Å². The summed E-state index contributed by atoms with van der Waals surface area (Å²) in [4.78, 5) is 21.5. The van der Waals surface area contributed by atoms with E-state index in [-0.39, 0.29) is 11.6 Å². The normalized spacial score (nSPS) is 13.0. The van der Waals surface area contributed by atoms with Crippen LogP contribution in [0.1, 0.15) is 29.6 Å². The number of hydrogen-bond acceptors (Lipinski definition) is 5. The van der Waals surface area contributed by atoms with Crippen molar-refractivity contribution in [3.63, 3.8) is 0 Å². The lowest BCUT2D eigenvalue weighted by Gasteiger charge is -2.15. The molecule has 0 radical (unpaired) electrons. The van der Waals surface area contributed by atoms with Gasteiger partial charge in [0.25, 0.3) is 5.56 Å². The summed E-state index contributed by atoms with van der Waals surface area (Å²) in [5.41, 5.74) is 0.984. The van der Waals surface area contributed by atoms with Gasteiger partial charge in [-0.3, -0.25) is 4.79 Å². The lowest BCUT2D eigenvalue weighted by molar-refractivity contribution is 0.163. The predicted molar refractivity (Wildman–Crippen MR) is 82.5 cm³/mol. The largest absolute Gasteiger partial charge is 0.383 e. The predicted octanol–water partition coefficient (Wildman–Crippen LogP) is 2.12. The molecule has 0 spiro atoms. The van der Waals surface area contributed by atoms with E-state index in [9.17, 15) is 4.79 Å². The number of nitrogens with zero attached hydrogens (tertiary/aromatic N) is 1. The molecule has 2 N–H and O–H groups in total. The molecule has 0 bridgehead atoms. The maximum absolute atomic E-state index is 12.1. The Balaban J connectivity index is 2.22. The highest BCUT2D eigenvalue weighted by Crippen LogP contribution is 2.25. The van der Waals surface area contributed by atoms with E-state index in [2.05, 4.69) is 22.2 Å². The fourth-order valence-electron chi connectivity index (χ4n) is 2.15. The number of aromatic nitrogens is 2. The molecule has 110 valence electrons. The smallest absolute Gasteiger partial charge is 0.259 e. The molecule has 2 aromatic rings. The van der Waals surface area contributed by atoms with E-state index in [0.29, 0.717) is 19.0 Å². The topological polar surface area (TPSA) is 67.0 Å². The first-order valence-electron chi connectivity index (χ1n) is 6.78. The van der Waals surface area contributed by atoms with Crippen LogP contribution in [0.2, 0.25) is 0 Å². The van der Waals surface area contributed by atoms with E-state index in [1.54, 1.807) is 18.4 Å². The highest BCUT2D eigenvalue weighted by Gasteiger charge is 2.12. The number of H-pyrrole nitrogens is 1. The summed E-state index contributed by atoms with van der Waals surface area (Å²) in [6.07, 6.45) is 0.970. The molecular formula is C14H21N3O2S. The van der Waals surface area contributed by atoms with Gasteiger partial charge in [-0.15, -0.1) is 11.3 Å². The molecule has 0 saturated carbocycles. The van der Waals surface area contributed by atoms with Crippen LogP contribution in [0.3, 0.4) is 0 Å². The molecule has 1 unspecified atom stereocenters. The van der Waals surface area contributed by atoms with Gasteiger partial charge in [0.2, 0.25) is 0 Å². The summed E-state index contributed by atoms with van der Waals surface area (Å²) in [6, 6.07) is 0.271. The number of nitrogens with one attached hydrogen (secondary N) is 2. The molecule has 5 nitrogen and oxygen atoms in total. The second kappa shape index (κ2) is 6.47. The Morgan fingerprint density at radius 3 is 2.85 bits per heavy atom. The number of aromatic amines is 1. The zero-order chi connectivity index (χ0) is 14.7. The van der Waals surface area contributed by atoms with Crippen molar-refractivity contribution in [1.82, 2.24) is 15.3 Å². The molecule has 0 aliphatic carbocycles. The first kappa shape index (κ1) is 15.2. The van der Waals surface area contributed by atoms with Gasteiger partial charge in [-0.05, 0) is 25.8 Å². The van der Waals surface area contributed by atoms with Crippen LogP contribution in [0.15, 0.2) is 4.79 Å². The van der Waals surface area contributed by atoms with Crippen molar-refractivity contribution in [2.24, 2.45) is 0 Å². The molecule has 0 saturated heterocycles. The number of ether oxygens (including phenoxy) is 1. The molecule has 6 heteroatoms. The molecule has 0 amide bonds. The quantitative estimate of drug-likeness (QED) is 0.856. The summed E-state index contributed by atoms with van der Waals surface area (Å²) in [5, 5.41) is 4.07. The third-order valence-corrected chi connectivity index (χ3v) is 4.61. The summed E-state index contributed by atoms with van der Waals surface area (Å²) in [7, 11) is 1.69. The fourth-order valence-corrected chi connectivity index (χ4v) is 3.20. The van der Waals surface area contributed by atoms with Gasteiger partial charge in [0, 0.05) is 18.0 Å². The highest BCUT2D eigenvalue weighted by molar-refractivity contribution is 7.18. The van der Waals surface area contributed by atoms with Crippen LogP contribution >= 0.6 is 11.3 Å². The van der Waals surface area contributed by atoms with Gasteiger partial charge in [0.15, 0.2) is 0 Å². The standard InChI is InChI=1S/C14H21N3O2S/c1-5-10(7-19-4)15-6-11-16-13(18)12-8(2)9(3)20-14(12)17-11/h10,15H,5-7H2,1-4H3,(H,16,17,18). The lowest BCUT2D eigenvalue weighted by Crippen LogP contribution is -2.33. The number of rotatable bonds is 6. The maximum Gasteiger partial charge on any atom is 0.259 e. The average Bonchev–Trinajstić information content (AvgIpc) is 2.70. The minimum atomic E-state index is -0.0477. The van der Waals surface area contributed by atoms with Crippen molar-refractivity contribution in [3.05, 3.63) is 26.6 Å². The number of aryl methyl sites for hydroxylation is 2. The Hall–Kier alpha value is -1.24. The van der Waals surface area contributed by atoms with Crippen molar-refractivity contribution >= 4 is 21.6 Å². The molecular weight excluding hydrogens is 274 g/mol. The monoisotopic (exact) mass is 295 g/mol. The molecule has 2 aromatic heterocycles. The second-order valence-corrected chi connectivity index (χ2v) is 6.12. The van der Waals surface area contributed by atoms with Crippen molar-refractivity contribution < 1.29 is 4.74 Å². The van der Waals surface area contributed by atoms with Crippen molar-refractivity contribution in [3.8, 4) is 0 Å². The Morgan fingerprint density at radius 1 is 1.45 bits per heavy atom. The summed E-state index contributed by atoms with van der Waals surface area (Å²) < 4.78 is 5.14. The van der Waals surface area contributed by atoms with E-state index in [1.807, 2.05) is 13.8 Å². The number of hydrogen-bond donors (Lipinski definition) is 2. The van der Waals surface area contributed by atoms with E-state index >= 15 is 0 Å². The Kier molecular flexibility index (Phi) is 4.91. The SMILES string of the molecule is CCC(COC)NCc1nc2sc(C)c(C)c2c(=O)[nH]1. The number of thiophene rings is 1. The Labute approximate surface area is 122 Å². The van der Waals surface area contributed by atoms with E-state index in [4.69, 9.17) is 4.74 Å².